The molecule has 0 aromatic heterocycles. The van der Waals surface area contributed by atoms with Gasteiger partial charge in [0, 0.05) is 21.5 Å². The summed E-state index contributed by atoms with van der Waals surface area (Å²) < 4.78 is 0.964. The summed E-state index contributed by atoms with van der Waals surface area (Å²) in [6, 6.07) is 14.7. The summed E-state index contributed by atoms with van der Waals surface area (Å²) in [5, 5.41) is 0. The fraction of sp³-hybridized carbons (Fsp3) is 0.0714. The van der Waals surface area contributed by atoms with Crippen LogP contribution in [0.1, 0.15) is 21.5 Å². The van der Waals surface area contributed by atoms with Crippen molar-refractivity contribution < 1.29 is 4.79 Å². The van der Waals surface area contributed by atoms with Gasteiger partial charge in [-0.15, -0.1) is 11.6 Å². The average Bonchev–Trinajstić information content (AvgIpc) is 2.39. The molecule has 0 saturated heterocycles. The third-order valence-corrected chi connectivity index (χ3v) is 3.31. The van der Waals surface area contributed by atoms with Gasteiger partial charge in [-0.2, -0.15) is 0 Å². The zero-order chi connectivity index (χ0) is 12.3. The first-order valence-corrected chi connectivity index (χ1v) is 6.48. The van der Waals surface area contributed by atoms with E-state index in [1.807, 2.05) is 48.5 Å². The highest BCUT2D eigenvalue weighted by Crippen LogP contribution is 2.15. The monoisotopic (exact) mass is 308 g/mol. The van der Waals surface area contributed by atoms with Crippen molar-refractivity contribution in [3.63, 3.8) is 0 Å². The highest BCUT2D eigenvalue weighted by molar-refractivity contribution is 9.10. The lowest BCUT2D eigenvalue weighted by molar-refractivity contribution is 0.103. The normalized spacial score (nSPS) is 10.2. The first kappa shape index (κ1) is 12.3. The van der Waals surface area contributed by atoms with Crippen LogP contribution in [-0.4, -0.2) is 5.78 Å². The first-order chi connectivity index (χ1) is 8.20. The van der Waals surface area contributed by atoms with Crippen molar-refractivity contribution in [1.82, 2.24) is 0 Å². The molecule has 0 unspecified atom stereocenters. The molecule has 2 aromatic rings. The highest BCUT2D eigenvalue weighted by Gasteiger charge is 2.08. The topological polar surface area (TPSA) is 17.1 Å². The maximum atomic E-state index is 12.1. The molecule has 0 heterocycles. The third-order valence-electron chi connectivity index (χ3n) is 2.48. The molecular weight excluding hydrogens is 300 g/mol. The van der Waals surface area contributed by atoms with Crippen LogP contribution in [0, 0.1) is 0 Å². The van der Waals surface area contributed by atoms with E-state index in [0.29, 0.717) is 17.0 Å². The SMILES string of the molecule is O=C(c1ccc(Br)cc1)c1ccc(CCl)cc1. The number of hydrogen-bond acceptors (Lipinski definition) is 1. The first-order valence-electron chi connectivity index (χ1n) is 5.16. The van der Waals surface area contributed by atoms with Gasteiger partial charge in [0.15, 0.2) is 5.78 Å². The van der Waals surface area contributed by atoms with Crippen molar-refractivity contribution in [3.8, 4) is 0 Å². The highest BCUT2D eigenvalue weighted by atomic mass is 79.9. The van der Waals surface area contributed by atoms with Crippen LogP contribution in [0.25, 0.3) is 0 Å². The summed E-state index contributed by atoms with van der Waals surface area (Å²) >= 11 is 9.05. The van der Waals surface area contributed by atoms with Gasteiger partial charge in [0.05, 0.1) is 0 Å². The summed E-state index contributed by atoms with van der Waals surface area (Å²) in [5.41, 5.74) is 2.38. The number of carbonyl (C=O) groups excluding carboxylic acids is 1. The van der Waals surface area contributed by atoms with E-state index in [0.717, 1.165) is 10.0 Å². The Balaban J connectivity index is 2.27. The zero-order valence-electron chi connectivity index (χ0n) is 8.99. The van der Waals surface area contributed by atoms with Crippen molar-refractivity contribution >= 4 is 33.3 Å². The van der Waals surface area contributed by atoms with Crippen molar-refractivity contribution in [1.29, 1.82) is 0 Å². The Morgan fingerprint density at radius 1 is 0.941 bits per heavy atom. The molecule has 0 aliphatic heterocycles. The van der Waals surface area contributed by atoms with E-state index in [9.17, 15) is 4.79 Å². The van der Waals surface area contributed by atoms with E-state index >= 15 is 0 Å². The average molecular weight is 310 g/mol. The molecule has 2 aromatic carbocycles. The minimum Gasteiger partial charge on any atom is -0.289 e. The number of hydrogen-bond donors (Lipinski definition) is 0. The van der Waals surface area contributed by atoms with Gasteiger partial charge in [0.1, 0.15) is 0 Å². The Kier molecular flexibility index (Phi) is 3.97. The molecule has 0 bridgehead atoms. The molecule has 0 amide bonds. The molecule has 0 spiro atoms. The van der Waals surface area contributed by atoms with Gasteiger partial charge in [0.25, 0.3) is 0 Å². The Morgan fingerprint density at radius 2 is 1.41 bits per heavy atom. The number of rotatable bonds is 3. The van der Waals surface area contributed by atoms with Crippen LogP contribution in [0.5, 0.6) is 0 Å². The molecule has 0 radical (unpaired) electrons. The lowest BCUT2D eigenvalue weighted by Crippen LogP contribution is -2.00. The molecule has 3 heteroatoms. The van der Waals surface area contributed by atoms with Crippen LogP contribution in [0.15, 0.2) is 53.0 Å². The Morgan fingerprint density at radius 3 is 1.88 bits per heavy atom. The van der Waals surface area contributed by atoms with Gasteiger partial charge < -0.3 is 0 Å². The summed E-state index contributed by atoms with van der Waals surface area (Å²) in [7, 11) is 0. The number of carbonyl (C=O) groups is 1. The summed E-state index contributed by atoms with van der Waals surface area (Å²) in [4.78, 5) is 12.1. The second-order valence-corrected chi connectivity index (χ2v) is 4.85. The number of ketones is 1. The van der Waals surface area contributed by atoms with E-state index in [1.54, 1.807) is 0 Å². The zero-order valence-corrected chi connectivity index (χ0v) is 11.3. The van der Waals surface area contributed by atoms with Crippen molar-refractivity contribution in [3.05, 3.63) is 69.7 Å². The lowest BCUT2D eigenvalue weighted by atomic mass is 10.0. The fourth-order valence-corrected chi connectivity index (χ4v) is 1.96. The van der Waals surface area contributed by atoms with Gasteiger partial charge in [-0.05, 0) is 29.8 Å². The Hall–Kier alpha value is -1.12. The second-order valence-electron chi connectivity index (χ2n) is 3.67. The molecule has 1 nitrogen and oxygen atoms in total. The van der Waals surface area contributed by atoms with E-state index < -0.39 is 0 Å². The van der Waals surface area contributed by atoms with Gasteiger partial charge >= 0.3 is 0 Å². The molecule has 0 aliphatic carbocycles. The van der Waals surface area contributed by atoms with Crippen molar-refractivity contribution in [2.24, 2.45) is 0 Å². The van der Waals surface area contributed by atoms with Crippen LogP contribution in [0.4, 0.5) is 0 Å². The molecule has 86 valence electrons. The third kappa shape index (κ3) is 2.96. The minimum absolute atomic E-state index is 0.0265. The predicted molar refractivity (Wildman–Crippen MR) is 73.6 cm³/mol. The predicted octanol–water partition coefficient (Wildman–Crippen LogP) is 4.42. The number of halogens is 2. The van der Waals surface area contributed by atoms with E-state index in [1.165, 1.54) is 0 Å². The summed E-state index contributed by atoms with van der Waals surface area (Å²) in [6.07, 6.45) is 0. The maximum Gasteiger partial charge on any atom is 0.193 e. The molecule has 0 fully saturated rings. The van der Waals surface area contributed by atoms with E-state index in [4.69, 9.17) is 11.6 Å². The summed E-state index contributed by atoms with van der Waals surface area (Å²) in [5.74, 6) is 0.492. The second kappa shape index (κ2) is 5.48. The van der Waals surface area contributed by atoms with Gasteiger partial charge in [0.2, 0.25) is 0 Å². The smallest absolute Gasteiger partial charge is 0.193 e. The van der Waals surface area contributed by atoms with Crippen molar-refractivity contribution in [2.75, 3.05) is 0 Å². The maximum absolute atomic E-state index is 12.1. The molecule has 0 atom stereocenters. The Bertz CT molecular complexity index is 517. The lowest BCUT2D eigenvalue weighted by Gasteiger charge is -2.02. The molecule has 2 rings (SSSR count). The molecule has 0 N–H and O–H groups in total. The quantitative estimate of drug-likeness (QED) is 0.606. The van der Waals surface area contributed by atoms with Crippen LogP contribution in [0.3, 0.4) is 0 Å². The fourth-order valence-electron chi connectivity index (χ4n) is 1.51. The van der Waals surface area contributed by atoms with Crippen LogP contribution < -0.4 is 0 Å². The number of alkyl halides is 1. The largest absolute Gasteiger partial charge is 0.289 e. The van der Waals surface area contributed by atoms with Crippen molar-refractivity contribution in [2.45, 2.75) is 5.88 Å². The molecule has 17 heavy (non-hydrogen) atoms. The Labute approximate surface area is 114 Å². The van der Waals surface area contributed by atoms with E-state index in [2.05, 4.69) is 15.9 Å². The van der Waals surface area contributed by atoms with Gasteiger partial charge in [-0.3, -0.25) is 4.79 Å². The number of benzene rings is 2. The van der Waals surface area contributed by atoms with E-state index in [-0.39, 0.29) is 5.78 Å². The molecule has 0 saturated carbocycles. The molecular formula is C14H10BrClO. The van der Waals surface area contributed by atoms with Gasteiger partial charge in [-0.1, -0.05) is 40.2 Å². The van der Waals surface area contributed by atoms with Gasteiger partial charge in [-0.25, -0.2) is 0 Å². The minimum atomic E-state index is 0.0265. The van der Waals surface area contributed by atoms with Crippen LogP contribution >= 0.6 is 27.5 Å². The summed E-state index contributed by atoms with van der Waals surface area (Å²) in [6.45, 7) is 0. The standard InChI is InChI=1S/C14H10BrClO/c15-13-7-5-12(6-8-13)14(17)11-3-1-10(9-16)2-4-11/h1-8H,9H2. The van der Waals surface area contributed by atoms with Crippen LogP contribution in [0.2, 0.25) is 0 Å². The van der Waals surface area contributed by atoms with Crippen LogP contribution in [-0.2, 0) is 5.88 Å². The molecule has 0 aliphatic rings.